The molecule has 4 nitrogen and oxygen atoms in total. The van der Waals surface area contributed by atoms with Crippen LogP contribution in [-0.4, -0.2) is 47.5 Å². The Morgan fingerprint density at radius 2 is 2.00 bits per heavy atom. The number of nitrogens with zero attached hydrogens (tertiary/aromatic N) is 1. The second-order valence-electron chi connectivity index (χ2n) is 3.04. The van der Waals surface area contributed by atoms with E-state index < -0.39 is 11.4 Å². The normalized spacial score (nSPS) is 15.2. The average molecular weight is 167 g/mol. The summed E-state index contributed by atoms with van der Waals surface area (Å²) in [5, 5.41) is 0. The Labute approximate surface area is 63.9 Å². The van der Waals surface area contributed by atoms with E-state index in [1.807, 2.05) is 21.1 Å². The minimum atomic E-state index is -2.36. The first-order valence-electron chi connectivity index (χ1n) is 2.95. The lowest BCUT2D eigenvalue weighted by molar-refractivity contribution is -0.870. The molecule has 0 aliphatic rings. The zero-order valence-electron chi connectivity index (χ0n) is 6.49. The third kappa shape index (κ3) is 8.03. The third-order valence-corrected chi connectivity index (χ3v) is 1.30. The number of quaternary nitrogens is 1. The molecule has 0 radical (unpaired) electrons. The van der Waals surface area contributed by atoms with Crippen molar-refractivity contribution in [1.82, 2.24) is 0 Å². The molecule has 1 atom stereocenters. The van der Waals surface area contributed by atoms with Gasteiger partial charge in [-0.15, -0.1) is 0 Å². The van der Waals surface area contributed by atoms with E-state index in [1.165, 1.54) is 0 Å². The maximum atomic E-state index is 9.86. The van der Waals surface area contributed by atoms with Crippen LogP contribution in [0.3, 0.4) is 0 Å². The number of likely N-dealkylation sites (N-methyl/N-ethyl adjacent to an activating group) is 1. The van der Waals surface area contributed by atoms with Crippen LogP contribution in [0.2, 0.25) is 0 Å². The van der Waals surface area contributed by atoms with Crippen molar-refractivity contribution in [1.29, 1.82) is 0 Å². The van der Waals surface area contributed by atoms with Crippen LogP contribution in [0.25, 0.3) is 0 Å². The summed E-state index contributed by atoms with van der Waals surface area (Å²) in [5.74, 6) is 0. The average Bonchev–Trinajstić information content (AvgIpc) is 1.59. The molecule has 0 aromatic rings. The minimum absolute atomic E-state index is 0.250. The quantitative estimate of drug-likeness (QED) is 0.419. The zero-order valence-corrected chi connectivity index (χ0v) is 7.31. The van der Waals surface area contributed by atoms with E-state index in [2.05, 4.69) is 4.18 Å². The highest BCUT2D eigenvalue weighted by atomic mass is 32.2. The fourth-order valence-electron chi connectivity index (χ4n) is 0.379. The summed E-state index contributed by atoms with van der Waals surface area (Å²) in [5.41, 5.74) is 0. The van der Waals surface area contributed by atoms with Gasteiger partial charge in [-0.2, -0.15) is 0 Å². The van der Waals surface area contributed by atoms with Crippen molar-refractivity contribution in [2.75, 3.05) is 34.3 Å². The lowest BCUT2D eigenvalue weighted by atomic mass is 10.5. The molecule has 10 heavy (non-hydrogen) atoms. The molecule has 0 aliphatic carbocycles. The number of hydrogen-bond acceptors (Lipinski definition) is 3. The van der Waals surface area contributed by atoms with E-state index in [4.69, 9.17) is 0 Å². The summed E-state index contributed by atoms with van der Waals surface area (Å²) in [6.45, 7) is 0.938. The van der Waals surface area contributed by atoms with Crippen molar-refractivity contribution < 1.29 is 17.4 Å². The molecule has 0 saturated carbocycles. The highest BCUT2D eigenvalue weighted by Crippen LogP contribution is 1.89. The van der Waals surface area contributed by atoms with Crippen LogP contribution in [0, 0.1) is 0 Å². The van der Waals surface area contributed by atoms with Gasteiger partial charge >= 0.3 is 0 Å². The molecule has 0 rings (SSSR count). The second kappa shape index (κ2) is 4.02. The van der Waals surface area contributed by atoms with Crippen molar-refractivity contribution in [3.05, 3.63) is 0 Å². The van der Waals surface area contributed by atoms with Gasteiger partial charge in [-0.05, 0) is 0 Å². The molecule has 5 heteroatoms. The van der Waals surface area contributed by atoms with E-state index in [0.29, 0.717) is 11.0 Å². The summed E-state index contributed by atoms with van der Waals surface area (Å²) in [6.07, 6.45) is 0. The molecule has 0 aliphatic heterocycles. The van der Waals surface area contributed by atoms with Crippen molar-refractivity contribution in [2.45, 2.75) is 0 Å². The van der Waals surface area contributed by atoms with Gasteiger partial charge < -0.3 is 9.04 Å². The lowest BCUT2D eigenvalue weighted by Gasteiger charge is -2.23. The van der Waals surface area contributed by atoms with Crippen molar-refractivity contribution >= 4 is 11.4 Å². The summed E-state index contributed by atoms with van der Waals surface area (Å²) >= 11 is -2.36. The standard InChI is InChI=1S/C5H13NO3S/c1-6(2,3)4-5-9-10(7)8/h4-5H2,1-3H3. The molecule has 0 saturated heterocycles. The Hall–Kier alpha value is 0.0300. The fraction of sp³-hybridized carbons (Fsp3) is 1.00. The van der Waals surface area contributed by atoms with Gasteiger partial charge in [0.2, 0.25) is 0 Å². The lowest BCUT2D eigenvalue weighted by Crippen LogP contribution is -2.37. The first-order chi connectivity index (χ1) is 4.42. The molecular weight excluding hydrogens is 154 g/mol. The molecule has 0 fully saturated rings. The molecule has 0 spiro atoms. The van der Waals surface area contributed by atoms with Crippen LogP contribution >= 0.6 is 0 Å². The van der Waals surface area contributed by atoms with Gasteiger partial charge in [0.15, 0.2) is 0 Å². The van der Waals surface area contributed by atoms with Gasteiger partial charge in [-0.3, -0.25) is 4.18 Å². The molecular formula is C5H13NO3S. The van der Waals surface area contributed by atoms with E-state index >= 15 is 0 Å². The Morgan fingerprint density at radius 3 is 2.30 bits per heavy atom. The Bertz CT molecular complexity index is 121. The topological polar surface area (TPSA) is 49.4 Å². The third-order valence-electron chi connectivity index (χ3n) is 0.942. The largest absolute Gasteiger partial charge is 0.750 e. The van der Waals surface area contributed by atoms with Crippen LogP contribution in [0.4, 0.5) is 0 Å². The van der Waals surface area contributed by atoms with Crippen LogP contribution in [0.15, 0.2) is 0 Å². The SMILES string of the molecule is C[N+](C)(C)CCOS(=O)[O-]. The molecule has 0 aromatic heterocycles. The Kier molecular flexibility index (Phi) is 4.04. The van der Waals surface area contributed by atoms with Gasteiger partial charge in [0.05, 0.1) is 32.5 Å². The van der Waals surface area contributed by atoms with E-state index in [1.54, 1.807) is 0 Å². The molecule has 0 bridgehead atoms. The maximum absolute atomic E-state index is 9.86. The van der Waals surface area contributed by atoms with Gasteiger partial charge in [0, 0.05) is 0 Å². The molecule has 0 N–H and O–H groups in total. The summed E-state index contributed by atoms with van der Waals surface area (Å²) in [4.78, 5) is 0. The Morgan fingerprint density at radius 1 is 1.50 bits per heavy atom. The summed E-state index contributed by atoms with van der Waals surface area (Å²) in [6, 6.07) is 0. The minimum Gasteiger partial charge on any atom is -0.750 e. The van der Waals surface area contributed by atoms with Crippen LogP contribution < -0.4 is 0 Å². The Balaban J connectivity index is 3.29. The summed E-state index contributed by atoms with van der Waals surface area (Å²) < 4.78 is 24.7. The smallest absolute Gasteiger partial charge is 0.112 e. The maximum Gasteiger partial charge on any atom is 0.112 e. The van der Waals surface area contributed by atoms with E-state index in [9.17, 15) is 8.76 Å². The molecule has 0 amide bonds. The van der Waals surface area contributed by atoms with Gasteiger partial charge in [0.25, 0.3) is 0 Å². The number of rotatable bonds is 4. The van der Waals surface area contributed by atoms with E-state index in [-0.39, 0.29) is 6.61 Å². The molecule has 1 unspecified atom stereocenters. The van der Waals surface area contributed by atoms with Crippen molar-refractivity contribution in [3.8, 4) is 0 Å². The van der Waals surface area contributed by atoms with Gasteiger partial charge in [0.1, 0.15) is 13.2 Å². The van der Waals surface area contributed by atoms with Crippen LogP contribution in [-0.2, 0) is 15.5 Å². The monoisotopic (exact) mass is 167 g/mol. The summed E-state index contributed by atoms with van der Waals surface area (Å²) in [7, 11) is 5.91. The highest BCUT2D eigenvalue weighted by molar-refractivity contribution is 7.74. The molecule has 62 valence electrons. The van der Waals surface area contributed by atoms with Gasteiger partial charge in [-0.1, -0.05) is 0 Å². The fourth-order valence-corrected chi connectivity index (χ4v) is 0.590. The molecule has 0 heterocycles. The number of hydrogen-bond donors (Lipinski definition) is 0. The first-order valence-corrected chi connectivity index (χ1v) is 3.95. The van der Waals surface area contributed by atoms with Gasteiger partial charge in [-0.25, -0.2) is 4.21 Å². The van der Waals surface area contributed by atoms with Crippen LogP contribution in [0.5, 0.6) is 0 Å². The molecule has 0 aromatic carbocycles. The van der Waals surface area contributed by atoms with Crippen molar-refractivity contribution in [2.24, 2.45) is 0 Å². The van der Waals surface area contributed by atoms with E-state index in [0.717, 1.165) is 0 Å². The predicted molar refractivity (Wildman–Crippen MR) is 37.8 cm³/mol. The van der Waals surface area contributed by atoms with Crippen molar-refractivity contribution in [3.63, 3.8) is 0 Å². The second-order valence-corrected chi connectivity index (χ2v) is 3.68. The first kappa shape index (κ1) is 10.0. The van der Waals surface area contributed by atoms with Crippen LogP contribution in [0.1, 0.15) is 0 Å². The zero-order chi connectivity index (χ0) is 8.20. The highest BCUT2D eigenvalue weighted by Gasteiger charge is 2.05. The predicted octanol–water partition coefficient (Wildman–Crippen LogP) is -0.497.